The Morgan fingerprint density at radius 2 is 1.71 bits per heavy atom. The standard InChI is InChI=1S/C18H24N2O/c1-13-6-8-15(9-7-13)20(5)17-11-14(12-21)10-16(19-17)18(2,3)4/h6-11,21H,12H2,1-5H3. The van der Waals surface area contributed by atoms with Crippen molar-refractivity contribution in [3.63, 3.8) is 0 Å². The molecule has 2 rings (SSSR count). The first-order valence-electron chi connectivity index (χ1n) is 7.24. The normalized spacial score (nSPS) is 11.5. The number of pyridine rings is 1. The van der Waals surface area contributed by atoms with Gasteiger partial charge in [0.15, 0.2) is 0 Å². The van der Waals surface area contributed by atoms with Crippen molar-refractivity contribution < 1.29 is 5.11 Å². The van der Waals surface area contributed by atoms with Gasteiger partial charge in [0.1, 0.15) is 5.82 Å². The maximum atomic E-state index is 9.49. The summed E-state index contributed by atoms with van der Waals surface area (Å²) >= 11 is 0. The van der Waals surface area contributed by atoms with Crippen LogP contribution < -0.4 is 4.90 Å². The second-order valence-corrected chi connectivity index (χ2v) is 6.52. The van der Waals surface area contributed by atoms with Crippen LogP contribution in [0, 0.1) is 6.92 Å². The predicted octanol–water partition coefficient (Wildman–Crippen LogP) is 3.95. The van der Waals surface area contributed by atoms with Gasteiger partial charge in [0.05, 0.1) is 6.61 Å². The van der Waals surface area contributed by atoms with E-state index in [2.05, 4.69) is 52.0 Å². The zero-order valence-corrected chi connectivity index (χ0v) is 13.5. The fourth-order valence-electron chi connectivity index (χ4n) is 2.12. The van der Waals surface area contributed by atoms with Gasteiger partial charge in [-0.2, -0.15) is 0 Å². The highest BCUT2D eigenvalue weighted by Gasteiger charge is 2.18. The smallest absolute Gasteiger partial charge is 0.133 e. The molecule has 112 valence electrons. The number of aromatic nitrogens is 1. The number of rotatable bonds is 3. The van der Waals surface area contributed by atoms with Gasteiger partial charge < -0.3 is 10.0 Å². The number of hydrogen-bond donors (Lipinski definition) is 1. The van der Waals surface area contributed by atoms with Crippen LogP contribution in [-0.2, 0) is 12.0 Å². The number of nitrogens with zero attached hydrogens (tertiary/aromatic N) is 2. The van der Waals surface area contributed by atoms with Crippen molar-refractivity contribution in [1.82, 2.24) is 4.98 Å². The van der Waals surface area contributed by atoms with Gasteiger partial charge in [-0.3, -0.25) is 0 Å². The average Bonchev–Trinajstić information content (AvgIpc) is 2.46. The fraction of sp³-hybridized carbons (Fsp3) is 0.389. The van der Waals surface area contributed by atoms with Crippen molar-refractivity contribution in [2.45, 2.75) is 39.7 Å². The molecule has 0 fully saturated rings. The first-order valence-corrected chi connectivity index (χ1v) is 7.24. The lowest BCUT2D eigenvalue weighted by Crippen LogP contribution is -2.18. The molecule has 3 heteroatoms. The summed E-state index contributed by atoms with van der Waals surface area (Å²) in [6.45, 7) is 8.50. The summed E-state index contributed by atoms with van der Waals surface area (Å²) in [5.74, 6) is 0.857. The van der Waals surface area contributed by atoms with Crippen LogP contribution >= 0.6 is 0 Å². The van der Waals surface area contributed by atoms with Crippen molar-refractivity contribution >= 4 is 11.5 Å². The summed E-state index contributed by atoms with van der Waals surface area (Å²) in [5, 5.41) is 9.49. The number of aliphatic hydroxyl groups excluding tert-OH is 1. The molecule has 0 radical (unpaired) electrons. The van der Waals surface area contributed by atoms with Crippen LogP contribution in [0.15, 0.2) is 36.4 Å². The average molecular weight is 284 g/mol. The third-order valence-electron chi connectivity index (χ3n) is 3.59. The number of anilines is 2. The van der Waals surface area contributed by atoms with Crippen LogP contribution in [0.1, 0.15) is 37.6 Å². The number of benzene rings is 1. The summed E-state index contributed by atoms with van der Waals surface area (Å²) in [6.07, 6.45) is 0. The number of aryl methyl sites for hydroxylation is 1. The molecule has 0 atom stereocenters. The molecule has 0 aliphatic heterocycles. The Morgan fingerprint density at radius 1 is 1.10 bits per heavy atom. The molecule has 0 saturated heterocycles. The van der Waals surface area contributed by atoms with Gasteiger partial charge in [0, 0.05) is 23.8 Å². The molecule has 21 heavy (non-hydrogen) atoms. The van der Waals surface area contributed by atoms with E-state index in [1.807, 2.05) is 24.1 Å². The molecular weight excluding hydrogens is 260 g/mol. The van der Waals surface area contributed by atoms with Gasteiger partial charge in [-0.1, -0.05) is 38.5 Å². The minimum Gasteiger partial charge on any atom is -0.392 e. The lowest BCUT2D eigenvalue weighted by atomic mass is 9.91. The Bertz CT molecular complexity index is 612. The van der Waals surface area contributed by atoms with Crippen molar-refractivity contribution in [3.8, 4) is 0 Å². The molecule has 1 heterocycles. The minimum atomic E-state index is -0.0476. The van der Waals surface area contributed by atoms with E-state index in [0.717, 1.165) is 22.8 Å². The zero-order chi connectivity index (χ0) is 15.6. The maximum absolute atomic E-state index is 9.49. The van der Waals surface area contributed by atoms with E-state index in [1.54, 1.807) is 0 Å². The molecule has 0 aliphatic carbocycles. The van der Waals surface area contributed by atoms with Gasteiger partial charge in [0.2, 0.25) is 0 Å². The highest BCUT2D eigenvalue weighted by Crippen LogP contribution is 2.28. The van der Waals surface area contributed by atoms with Crippen molar-refractivity contribution in [1.29, 1.82) is 0 Å². The summed E-state index contributed by atoms with van der Waals surface area (Å²) in [6, 6.07) is 12.3. The second-order valence-electron chi connectivity index (χ2n) is 6.52. The first kappa shape index (κ1) is 15.5. The van der Waals surface area contributed by atoms with Gasteiger partial charge in [0.25, 0.3) is 0 Å². The minimum absolute atomic E-state index is 0.0281. The topological polar surface area (TPSA) is 36.4 Å². The third kappa shape index (κ3) is 3.61. The van der Waals surface area contributed by atoms with Crippen LogP contribution in [0.5, 0.6) is 0 Å². The molecule has 0 unspecified atom stereocenters. The molecule has 2 aromatic rings. The van der Waals surface area contributed by atoms with Crippen molar-refractivity contribution in [2.75, 3.05) is 11.9 Å². The van der Waals surface area contributed by atoms with Crippen LogP contribution in [-0.4, -0.2) is 17.1 Å². The fourth-order valence-corrected chi connectivity index (χ4v) is 2.12. The van der Waals surface area contributed by atoms with E-state index in [1.165, 1.54) is 5.56 Å². The van der Waals surface area contributed by atoms with Crippen LogP contribution in [0.25, 0.3) is 0 Å². The Labute approximate surface area is 127 Å². The summed E-state index contributed by atoms with van der Waals surface area (Å²) in [5.41, 5.74) is 4.16. The summed E-state index contributed by atoms with van der Waals surface area (Å²) < 4.78 is 0. The molecule has 1 aromatic carbocycles. The molecule has 0 bridgehead atoms. The molecule has 0 saturated carbocycles. The van der Waals surface area contributed by atoms with E-state index in [-0.39, 0.29) is 12.0 Å². The molecule has 3 nitrogen and oxygen atoms in total. The summed E-state index contributed by atoms with van der Waals surface area (Å²) in [7, 11) is 2.00. The predicted molar refractivity (Wildman–Crippen MR) is 88.1 cm³/mol. The molecule has 1 aromatic heterocycles. The lowest BCUT2D eigenvalue weighted by Gasteiger charge is -2.24. The summed E-state index contributed by atoms with van der Waals surface area (Å²) in [4.78, 5) is 6.82. The highest BCUT2D eigenvalue weighted by molar-refractivity contribution is 5.60. The molecular formula is C18H24N2O. The van der Waals surface area contributed by atoms with Crippen molar-refractivity contribution in [3.05, 3.63) is 53.2 Å². The second kappa shape index (κ2) is 5.86. The molecule has 0 aliphatic rings. The van der Waals surface area contributed by atoms with E-state index < -0.39 is 0 Å². The van der Waals surface area contributed by atoms with Crippen LogP contribution in [0.3, 0.4) is 0 Å². The van der Waals surface area contributed by atoms with E-state index in [4.69, 9.17) is 4.98 Å². The highest BCUT2D eigenvalue weighted by atomic mass is 16.3. The largest absolute Gasteiger partial charge is 0.392 e. The van der Waals surface area contributed by atoms with E-state index in [0.29, 0.717) is 0 Å². The van der Waals surface area contributed by atoms with E-state index in [9.17, 15) is 5.11 Å². The quantitative estimate of drug-likeness (QED) is 0.927. The first-order chi connectivity index (χ1) is 9.81. The molecule has 0 amide bonds. The number of aliphatic hydroxyl groups is 1. The Kier molecular flexibility index (Phi) is 4.33. The monoisotopic (exact) mass is 284 g/mol. The van der Waals surface area contributed by atoms with Crippen LogP contribution in [0.4, 0.5) is 11.5 Å². The van der Waals surface area contributed by atoms with Crippen LogP contribution in [0.2, 0.25) is 0 Å². The Balaban J connectivity index is 2.45. The van der Waals surface area contributed by atoms with Crippen molar-refractivity contribution in [2.24, 2.45) is 0 Å². The Morgan fingerprint density at radius 3 is 2.24 bits per heavy atom. The maximum Gasteiger partial charge on any atom is 0.133 e. The SMILES string of the molecule is Cc1ccc(N(C)c2cc(CO)cc(C(C)(C)C)n2)cc1. The van der Waals surface area contributed by atoms with Gasteiger partial charge in [-0.25, -0.2) is 4.98 Å². The Hall–Kier alpha value is -1.87. The van der Waals surface area contributed by atoms with Gasteiger partial charge in [-0.15, -0.1) is 0 Å². The van der Waals surface area contributed by atoms with E-state index >= 15 is 0 Å². The van der Waals surface area contributed by atoms with Gasteiger partial charge in [-0.05, 0) is 36.8 Å². The molecule has 0 spiro atoms. The van der Waals surface area contributed by atoms with Gasteiger partial charge >= 0.3 is 0 Å². The third-order valence-corrected chi connectivity index (χ3v) is 3.59. The molecule has 1 N–H and O–H groups in total. The zero-order valence-electron chi connectivity index (χ0n) is 13.5. The lowest BCUT2D eigenvalue weighted by molar-refractivity contribution is 0.281. The number of hydrogen-bond acceptors (Lipinski definition) is 3.